The van der Waals surface area contributed by atoms with Crippen LogP contribution < -0.4 is 0 Å². The second kappa shape index (κ2) is 6.79. The molecule has 138 valence electrons. The monoisotopic (exact) mass is 387 g/mol. The van der Waals surface area contributed by atoms with Crippen LogP contribution in [0.3, 0.4) is 0 Å². The van der Waals surface area contributed by atoms with Crippen LogP contribution >= 0.6 is 23.1 Å². The lowest BCUT2D eigenvalue weighted by Crippen LogP contribution is -2.29. The molecule has 2 aromatic rings. The fraction of sp³-hybridized carbons (Fsp3) is 0.650. The molecular formula is C20H25N3OS2. The predicted octanol–water partition coefficient (Wildman–Crippen LogP) is 4.41. The molecule has 1 atom stereocenters. The molecule has 1 amide bonds. The summed E-state index contributed by atoms with van der Waals surface area (Å²) in [6, 6.07) is 0. The van der Waals surface area contributed by atoms with Gasteiger partial charge in [-0.15, -0.1) is 11.3 Å². The Morgan fingerprint density at radius 2 is 2.04 bits per heavy atom. The SMILES string of the molecule is CC1CCc2c(sc3nc(C4CC4)nc(SCC(=O)N4CCCC4)c23)C1. The first kappa shape index (κ1) is 17.0. The Balaban J connectivity index is 1.48. The number of aryl methyl sites for hydroxylation is 1. The van der Waals surface area contributed by atoms with Crippen molar-refractivity contribution in [2.24, 2.45) is 5.92 Å². The topological polar surface area (TPSA) is 46.1 Å². The van der Waals surface area contributed by atoms with E-state index in [1.807, 2.05) is 16.2 Å². The van der Waals surface area contributed by atoms with E-state index < -0.39 is 0 Å². The maximum Gasteiger partial charge on any atom is 0.232 e. The van der Waals surface area contributed by atoms with Crippen molar-refractivity contribution in [2.45, 2.75) is 62.8 Å². The number of hydrogen-bond donors (Lipinski definition) is 0. The van der Waals surface area contributed by atoms with E-state index in [9.17, 15) is 4.79 Å². The third kappa shape index (κ3) is 3.15. The summed E-state index contributed by atoms with van der Waals surface area (Å²) in [5, 5.41) is 2.33. The van der Waals surface area contributed by atoms with Crippen molar-refractivity contribution in [3.05, 3.63) is 16.3 Å². The molecule has 6 heteroatoms. The summed E-state index contributed by atoms with van der Waals surface area (Å²) < 4.78 is 0. The van der Waals surface area contributed by atoms with Crippen LogP contribution in [0, 0.1) is 5.92 Å². The highest BCUT2D eigenvalue weighted by Crippen LogP contribution is 2.44. The van der Waals surface area contributed by atoms with Crippen LogP contribution in [0.2, 0.25) is 0 Å². The minimum Gasteiger partial charge on any atom is -0.342 e. The zero-order valence-corrected chi connectivity index (χ0v) is 16.9. The fourth-order valence-corrected chi connectivity index (χ4v) is 6.56. The molecule has 5 rings (SSSR count). The summed E-state index contributed by atoms with van der Waals surface area (Å²) in [7, 11) is 0. The van der Waals surface area contributed by atoms with Gasteiger partial charge in [0, 0.05) is 29.3 Å². The average Bonchev–Trinajstić information content (AvgIpc) is 3.21. The lowest BCUT2D eigenvalue weighted by molar-refractivity contribution is -0.127. The van der Waals surface area contributed by atoms with Gasteiger partial charge in [0.15, 0.2) is 0 Å². The Labute approximate surface area is 162 Å². The van der Waals surface area contributed by atoms with E-state index in [4.69, 9.17) is 9.97 Å². The number of fused-ring (bicyclic) bond motifs is 3. The average molecular weight is 388 g/mol. The maximum atomic E-state index is 12.5. The molecule has 2 fully saturated rings. The van der Waals surface area contributed by atoms with E-state index in [0.717, 1.165) is 54.0 Å². The highest BCUT2D eigenvalue weighted by atomic mass is 32.2. The zero-order valence-electron chi connectivity index (χ0n) is 15.3. The fourth-order valence-electron chi connectivity index (χ4n) is 4.14. The molecule has 3 heterocycles. The molecule has 2 aromatic heterocycles. The van der Waals surface area contributed by atoms with Crippen LogP contribution in [0.15, 0.2) is 5.03 Å². The van der Waals surface area contributed by atoms with Crippen molar-refractivity contribution in [1.29, 1.82) is 0 Å². The first-order valence-corrected chi connectivity index (χ1v) is 11.7. The number of carbonyl (C=O) groups excluding carboxylic acids is 1. The first-order valence-electron chi connectivity index (χ1n) is 9.92. The number of carbonyl (C=O) groups is 1. The van der Waals surface area contributed by atoms with Crippen molar-refractivity contribution in [2.75, 3.05) is 18.8 Å². The van der Waals surface area contributed by atoms with Crippen molar-refractivity contribution in [1.82, 2.24) is 14.9 Å². The molecule has 1 unspecified atom stereocenters. The van der Waals surface area contributed by atoms with Gasteiger partial charge in [-0.1, -0.05) is 18.7 Å². The minimum atomic E-state index is 0.268. The van der Waals surface area contributed by atoms with E-state index in [2.05, 4.69) is 6.92 Å². The number of nitrogens with zero attached hydrogens (tertiary/aromatic N) is 3. The van der Waals surface area contributed by atoms with Gasteiger partial charge < -0.3 is 4.90 Å². The smallest absolute Gasteiger partial charge is 0.232 e. The number of hydrogen-bond acceptors (Lipinski definition) is 5. The Bertz CT molecular complexity index is 852. The molecule has 4 nitrogen and oxygen atoms in total. The Hall–Kier alpha value is -1.14. The van der Waals surface area contributed by atoms with E-state index in [1.165, 1.54) is 41.5 Å². The van der Waals surface area contributed by atoms with E-state index in [0.29, 0.717) is 11.7 Å². The highest BCUT2D eigenvalue weighted by Gasteiger charge is 2.30. The summed E-state index contributed by atoms with van der Waals surface area (Å²) in [5.41, 5.74) is 1.47. The molecule has 0 spiro atoms. The van der Waals surface area contributed by atoms with Crippen LogP contribution in [0.4, 0.5) is 0 Å². The van der Waals surface area contributed by atoms with Gasteiger partial charge in [0.1, 0.15) is 15.7 Å². The van der Waals surface area contributed by atoms with Gasteiger partial charge in [0.05, 0.1) is 5.75 Å². The van der Waals surface area contributed by atoms with Crippen LogP contribution in [-0.4, -0.2) is 39.6 Å². The number of thiophene rings is 1. The Morgan fingerprint density at radius 1 is 1.23 bits per heavy atom. The summed E-state index contributed by atoms with van der Waals surface area (Å²) in [6.07, 6.45) is 8.28. The third-order valence-electron chi connectivity index (χ3n) is 5.87. The maximum absolute atomic E-state index is 12.5. The van der Waals surface area contributed by atoms with Crippen LogP contribution in [0.1, 0.15) is 61.2 Å². The molecule has 1 aliphatic heterocycles. The molecule has 0 aromatic carbocycles. The number of aromatic nitrogens is 2. The second-order valence-corrected chi connectivity index (χ2v) is 10.1. The van der Waals surface area contributed by atoms with Gasteiger partial charge in [-0.05, 0) is 56.4 Å². The van der Waals surface area contributed by atoms with Gasteiger partial charge in [0.2, 0.25) is 5.91 Å². The number of rotatable bonds is 4. The van der Waals surface area contributed by atoms with Crippen molar-refractivity contribution < 1.29 is 4.79 Å². The molecule has 3 aliphatic rings. The van der Waals surface area contributed by atoms with Crippen LogP contribution in [0.25, 0.3) is 10.2 Å². The van der Waals surface area contributed by atoms with E-state index in [-0.39, 0.29) is 5.91 Å². The number of likely N-dealkylation sites (tertiary alicyclic amines) is 1. The van der Waals surface area contributed by atoms with Gasteiger partial charge in [0.25, 0.3) is 0 Å². The second-order valence-electron chi connectivity index (χ2n) is 8.07. The normalized spacial score (nSPS) is 22.8. The number of thioether (sulfide) groups is 1. The molecule has 0 N–H and O–H groups in total. The summed E-state index contributed by atoms with van der Waals surface area (Å²) in [4.78, 5) is 27.1. The molecule has 1 saturated carbocycles. The molecule has 1 saturated heterocycles. The summed E-state index contributed by atoms with van der Waals surface area (Å²) in [6.45, 7) is 4.20. The van der Waals surface area contributed by atoms with Crippen LogP contribution in [0.5, 0.6) is 0 Å². The molecule has 26 heavy (non-hydrogen) atoms. The predicted molar refractivity (Wildman–Crippen MR) is 107 cm³/mol. The zero-order chi connectivity index (χ0) is 17.7. The molecule has 2 aliphatic carbocycles. The quantitative estimate of drug-likeness (QED) is 0.576. The summed E-state index contributed by atoms with van der Waals surface area (Å²) in [5.74, 6) is 3.10. The Kier molecular flexibility index (Phi) is 4.44. The van der Waals surface area contributed by atoms with Gasteiger partial charge in [-0.25, -0.2) is 9.97 Å². The van der Waals surface area contributed by atoms with E-state index in [1.54, 1.807) is 11.8 Å². The van der Waals surface area contributed by atoms with E-state index >= 15 is 0 Å². The largest absolute Gasteiger partial charge is 0.342 e. The Morgan fingerprint density at radius 3 is 2.81 bits per heavy atom. The minimum absolute atomic E-state index is 0.268. The highest BCUT2D eigenvalue weighted by molar-refractivity contribution is 8.00. The standard InChI is InChI=1S/C20H25N3OS2/c1-12-4-7-14-15(10-12)26-20-17(14)19(21-18(22-20)13-5-6-13)25-11-16(24)23-8-2-3-9-23/h12-13H,2-11H2,1H3. The third-order valence-corrected chi connectivity index (χ3v) is 7.98. The molecule has 0 radical (unpaired) electrons. The molecule has 0 bridgehead atoms. The lowest BCUT2D eigenvalue weighted by Gasteiger charge is -2.18. The van der Waals surface area contributed by atoms with Crippen molar-refractivity contribution >= 4 is 39.2 Å². The summed E-state index contributed by atoms with van der Waals surface area (Å²) >= 11 is 3.52. The molecular weight excluding hydrogens is 362 g/mol. The first-order chi connectivity index (χ1) is 12.7. The van der Waals surface area contributed by atoms with Gasteiger partial charge in [-0.3, -0.25) is 4.79 Å². The van der Waals surface area contributed by atoms with Crippen molar-refractivity contribution in [3.8, 4) is 0 Å². The number of amides is 1. The van der Waals surface area contributed by atoms with Crippen LogP contribution in [-0.2, 0) is 17.6 Å². The van der Waals surface area contributed by atoms with Gasteiger partial charge in [-0.2, -0.15) is 0 Å². The lowest BCUT2D eigenvalue weighted by atomic mass is 9.89. The van der Waals surface area contributed by atoms with Crippen molar-refractivity contribution in [3.63, 3.8) is 0 Å². The van der Waals surface area contributed by atoms with Gasteiger partial charge >= 0.3 is 0 Å².